The van der Waals surface area contributed by atoms with E-state index in [1.165, 1.54) is 12.1 Å². The van der Waals surface area contributed by atoms with E-state index >= 15 is 0 Å². The second-order valence-corrected chi connectivity index (χ2v) is 9.37. The van der Waals surface area contributed by atoms with E-state index in [4.69, 9.17) is 10.4 Å². The number of carbonyl (C=O) groups excluding carboxylic acids is 1. The minimum Gasteiger partial charge on any atom is -0.506 e. The van der Waals surface area contributed by atoms with E-state index in [9.17, 15) is 14.7 Å². The third-order valence-electron chi connectivity index (χ3n) is 6.35. The maximum absolute atomic E-state index is 12.5. The van der Waals surface area contributed by atoms with Gasteiger partial charge in [-0.2, -0.15) is 5.26 Å². The van der Waals surface area contributed by atoms with E-state index in [-0.39, 0.29) is 16.9 Å². The number of carboxylic acid groups (broad SMARTS) is 1. The normalized spacial score (nSPS) is 14.1. The van der Waals surface area contributed by atoms with Gasteiger partial charge in [0.05, 0.1) is 11.1 Å². The third kappa shape index (κ3) is 5.53. The number of benzene rings is 3. The average molecular weight is 521 g/mol. The maximum Gasteiger partial charge on any atom is 0.346 e. The smallest absolute Gasteiger partial charge is 0.346 e. The summed E-state index contributed by atoms with van der Waals surface area (Å²) in [5.41, 5.74) is 4.95. The second kappa shape index (κ2) is 11.0. The molecule has 0 fully saturated rings. The van der Waals surface area contributed by atoms with Gasteiger partial charge in [0.15, 0.2) is 0 Å². The molecule has 0 atom stereocenters. The summed E-state index contributed by atoms with van der Waals surface area (Å²) in [4.78, 5) is 29.7. The van der Waals surface area contributed by atoms with Gasteiger partial charge in [-0.3, -0.25) is 4.79 Å². The van der Waals surface area contributed by atoms with Gasteiger partial charge >= 0.3 is 5.97 Å². The number of anilines is 5. The molecule has 0 aromatic heterocycles. The SMILES string of the molecule is CN(C)c1ccc(N(c2ccc(/C=C3/C(=O)C(/C=C(\C#N)C(=O)O)=C3O)cc2)c2ccc(N(C)C)cc2)cc1. The molecule has 0 saturated heterocycles. The van der Waals surface area contributed by atoms with Gasteiger partial charge in [0.2, 0.25) is 5.78 Å². The molecule has 0 radical (unpaired) electrons. The number of nitriles is 1. The van der Waals surface area contributed by atoms with Gasteiger partial charge < -0.3 is 24.9 Å². The molecule has 4 rings (SSSR count). The highest BCUT2D eigenvalue weighted by Crippen LogP contribution is 2.37. The lowest BCUT2D eigenvalue weighted by Gasteiger charge is -2.27. The molecule has 0 saturated carbocycles. The van der Waals surface area contributed by atoms with Gasteiger partial charge in [0.1, 0.15) is 17.4 Å². The maximum atomic E-state index is 12.5. The van der Waals surface area contributed by atoms with Gasteiger partial charge in [-0.05, 0) is 78.4 Å². The zero-order valence-corrected chi connectivity index (χ0v) is 22.1. The minimum atomic E-state index is -1.46. The lowest BCUT2D eigenvalue weighted by atomic mass is 9.85. The molecule has 3 aromatic carbocycles. The molecule has 0 spiro atoms. The van der Waals surface area contributed by atoms with Crippen molar-refractivity contribution in [1.82, 2.24) is 0 Å². The number of Topliss-reactive ketones (excluding diaryl/α,β-unsaturated/α-hetero) is 1. The average Bonchev–Trinajstić information content (AvgIpc) is 2.93. The van der Waals surface area contributed by atoms with Crippen LogP contribution in [0, 0.1) is 11.3 Å². The van der Waals surface area contributed by atoms with Crippen LogP contribution in [-0.2, 0) is 9.59 Å². The number of aliphatic carboxylic acids is 1. The summed E-state index contributed by atoms with van der Waals surface area (Å²) in [5, 5.41) is 28.2. The third-order valence-corrected chi connectivity index (χ3v) is 6.35. The summed E-state index contributed by atoms with van der Waals surface area (Å²) in [7, 11) is 7.97. The van der Waals surface area contributed by atoms with Crippen molar-refractivity contribution < 1.29 is 19.8 Å². The Balaban J connectivity index is 1.68. The highest BCUT2D eigenvalue weighted by Gasteiger charge is 2.33. The number of aliphatic hydroxyl groups is 1. The molecule has 0 heterocycles. The highest BCUT2D eigenvalue weighted by molar-refractivity contribution is 6.23. The van der Waals surface area contributed by atoms with Crippen molar-refractivity contribution in [3.8, 4) is 6.07 Å². The quantitative estimate of drug-likeness (QED) is 0.292. The van der Waals surface area contributed by atoms with Crippen molar-refractivity contribution in [2.45, 2.75) is 0 Å². The molecule has 0 bridgehead atoms. The zero-order valence-electron chi connectivity index (χ0n) is 22.1. The van der Waals surface area contributed by atoms with Crippen molar-refractivity contribution in [2.24, 2.45) is 0 Å². The largest absolute Gasteiger partial charge is 0.506 e. The fourth-order valence-corrected chi connectivity index (χ4v) is 4.13. The van der Waals surface area contributed by atoms with Crippen LogP contribution in [0.5, 0.6) is 0 Å². The Morgan fingerprint density at radius 3 is 1.54 bits per heavy atom. The summed E-state index contributed by atoms with van der Waals surface area (Å²) in [6, 6.07) is 25.5. The predicted octanol–water partition coefficient (Wildman–Crippen LogP) is 5.60. The van der Waals surface area contributed by atoms with Crippen LogP contribution in [0.25, 0.3) is 6.08 Å². The number of hydrogen-bond acceptors (Lipinski definition) is 7. The molecule has 0 unspecified atom stereocenters. The van der Waals surface area contributed by atoms with E-state index in [2.05, 4.69) is 53.4 Å². The number of carboxylic acids is 1. The number of nitrogens with zero attached hydrogens (tertiary/aromatic N) is 4. The number of carbonyl (C=O) groups is 2. The van der Waals surface area contributed by atoms with Gasteiger partial charge in [-0.15, -0.1) is 0 Å². The predicted molar refractivity (Wildman–Crippen MR) is 154 cm³/mol. The Labute approximate surface area is 227 Å². The lowest BCUT2D eigenvalue weighted by Crippen LogP contribution is -2.21. The molecule has 8 nitrogen and oxygen atoms in total. The van der Waals surface area contributed by atoms with Crippen LogP contribution in [-0.4, -0.2) is 50.2 Å². The summed E-state index contributed by atoms with van der Waals surface area (Å²) < 4.78 is 0. The number of allylic oxidation sites excluding steroid dienone is 3. The van der Waals surface area contributed by atoms with E-state index in [1.807, 2.05) is 62.3 Å². The Hall–Kier alpha value is -5.29. The first-order valence-electron chi connectivity index (χ1n) is 12.1. The fraction of sp³-hybridized carbons (Fsp3) is 0.129. The van der Waals surface area contributed by atoms with Crippen molar-refractivity contribution in [2.75, 3.05) is 42.9 Å². The van der Waals surface area contributed by atoms with Crippen LogP contribution in [0.4, 0.5) is 28.4 Å². The van der Waals surface area contributed by atoms with Gasteiger partial charge in [0, 0.05) is 56.6 Å². The Bertz CT molecular complexity index is 1490. The number of ketones is 1. The molecular formula is C31H28N4O4. The summed E-state index contributed by atoms with van der Waals surface area (Å²) >= 11 is 0. The Kier molecular flexibility index (Phi) is 7.54. The minimum absolute atomic E-state index is 0.0621. The van der Waals surface area contributed by atoms with Gasteiger partial charge in [-0.25, -0.2) is 4.79 Å². The van der Waals surface area contributed by atoms with Crippen molar-refractivity contribution >= 4 is 46.3 Å². The van der Waals surface area contributed by atoms with Crippen molar-refractivity contribution in [3.63, 3.8) is 0 Å². The van der Waals surface area contributed by atoms with Crippen LogP contribution in [0.15, 0.2) is 101 Å². The molecule has 1 aliphatic carbocycles. The molecule has 1 aliphatic rings. The van der Waals surface area contributed by atoms with E-state index in [0.717, 1.165) is 34.5 Å². The zero-order chi connectivity index (χ0) is 28.3. The molecular weight excluding hydrogens is 492 g/mol. The molecule has 2 N–H and O–H groups in total. The monoisotopic (exact) mass is 520 g/mol. The number of hydrogen-bond donors (Lipinski definition) is 2. The van der Waals surface area contributed by atoms with Gasteiger partial charge in [-0.1, -0.05) is 12.1 Å². The fourth-order valence-electron chi connectivity index (χ4n) is 4.13. The first kappa shape index (κ1) is 26.8. The van der Waals surface area contributed by atoms with Crippen molar-refractivity contribution in [3.05, 3.63) is 107 Å². The Morgan fingerprint density at radius 1 is 0.769 bits per heavy atom. The first-order chi connectivity index (χ1) is 18.6. The Morgan fingerprint density at radius 2 is 1.18 bits per heavy atom. The van der Waals surface area contributed by atoms with E-state index in [1.54, 1.807) is 0 Å². The van der Waals surface area contributed by atoms with Crippen LogP contribution >= 0.6 is 0 Å². The van der Waals surface area contributed by atoms with Crippen LogP contribution in [0.2, 0.25) is 0 Å². The summed E-state index contributed by atoms with van der Waals surface area (Å²) in [6.07, 6.45) is 2.43. The summed E-state index contributed by atoms with van der Waals surface area (Å²) in [6.45, 7) is 0. The molecule has 3 aromatic rings. The topological polar surface area (TPSA) is 108 Å². The van der Waals surface area contributed by atoms with Crippen LogP contribution < -0.4 is 14.7 Å². The highest BCUT2D eigenvalue weighted by atomic mass is 16.4. The molecule has 39 heavy (non-hydrogen) atoms. The van der Waals surface area contributed by atoms with E-state index in [0.29, 0.717) is 5.56 Å². The van der Waals surface area contributed by atoms with E-state index < -0.39 is 17.3 Å². The lowest BCUT2D eigenvalue weighted by molar-refractivity contribution is -0.132. The van der Waals surface area contributed by atoms with Crippen LogP contribution in [0.1, 0.15) is 5.56 Å². The number of rotatable bonds is 8. The first-order valence-corrected chi connectivity index (χ1v) is 12.1. The summed E-state index contributed by atoms with van der Waals surface area (Å²) in [5.74, 6) is -2.31. The molecule has 8 heteroatoms. The number of aliphatic hydroxyl groups excluding tert-OH is 1. The second-order valence-electron chi connectivity index (χ2n) is 9.37. The molecule has 0 amide bonds. The van der Waals surface area contributed by atoms with Crippen molar-refractivity contribution in [1.29, 1.82) is 5.26 Å². The molecule has 0 aliphatic heterocycles. The molecule has 196 valence electrons. The van der Waals surface area contributed by atoms with Gasteiger partial charge in [0.25, 0.3) is 0 Å². The standard InChI is InChI=1S/C31H28N4O4/c1-33(2)22-9-13-25(14-10-22)35(26-15-11-23(12-16-26)34(3)4)24-7-5-20(6-8-24)17-27-29(36)28(30(27)37)18-21(19-32)31(38)39/h5-18,36H,1-4H3,(H,38,39)/b21-18+,27-17+. The van der Waals surface area contributed by atoms with Crippen LogP contribution in [0.3, 0.4) is 0 Å².